The summed E-state index contributed by atoms with van der Waals surface area (Å²) in [6.45, 7) is 0. The van der Waals surface area contributed by atoms with E-state index >= 15 is 0 Å². The van der Waals surface area contributed by atoms with Gasteiger partial charge in [0, 0.05) is 33.9 Å². The number of anilines is 1. The lowest BCUT2D eigenvalue weighted by atomic mass is 10.1. The van der Waals surface area contributed by atoms with Gasteiger partial charge in [-0.1, -0.05) is 0 Å². The molecule has 0 aliphatic heterocycles. The van der Waals surface area contributed by atoms with E-state index in [0.29, 0.717) is 17.0 Å². The highest BCUT2D eigenvalue weighted by molar-refractivity contribution is 7.92. The fourth-order valence-corrected chi connectivity index (χ4v) is 2.31. The molecule has 0 amide bonds. The number of ether oxygens (including phenoxy) is 1. The van der Waals surface area contributed by atoms with Gasteiger partial charge in [-0.05, 0) is 6.07 Å². The number of hydrogen-bond donors (Lipinski definition) is 1. The first-order valence-electron chi connectivity index (χ1n) is 5.93. The van der Waals surface area contributed by atoms with Gasteiger partial charge in [0.15, 0.2) is 11.6 Å². The SMILES string of the molecule is COc1c(N)cc(F)cc1-c1cnc(N=S(C)(C)=O)cn1. The van der Waals surface area contributed by atoms with Crippen molar-refractivity contribution in [2.45, 2.75) is 0 Å². The number of aromatic nitrogens is 2. The Morgan fingerprint density at radius 2 is 2.00 bits per heavy atom. The molecule has 21 heavy (non-hydrogen) atoms. The number of methoxy groups -OCH3 is 1. The van der Waals surface area contributed by atoms with Crippen LogP contribution in [0.3, 0.4) is 0 Å². The van der Waals surface area contributed by atoms with E-state index in [-0.39, 0.29) is 11.5 Å². The fraction of sp³-hybridized carbons (Fsp3) is 0.231. The van der Waals surface area contributed by atoms with Crippen molar-refractivity contribution in [1.82, 2.24) is 9.97 Å². The van der Waals surface area contributed by atoms with Gasteiger partial charge in [-0.15, -0.1) is 0 Å². The van der Waals surface area contributed by atoms with Crippen LogP contribution in [0.5, 0.6) is 5.75 Å². The van der Waals surface area contributed by atoms with Crippen molar-refractivity contribution >= 4 is 21.2 Å². The van der Waals surface area contributed by atoms with Gasteiger partial charge < -0.3 is 10.5 Å². The van der Waals surface area contributed by atoms with Crippen LogP contribution in [0.15, 0.2) is 28.9 Å². The molecule has 0 spiro atoms. The standard InChI is InChI=1S/C13H15FN4O2S/c1-20-13-9(4-8(14)5-10(13)15)11-6-17-12(7-16-11)18-21(2,3)19/h4-7H,15H2,1-3H3. The molecule has 2 N–H and O–H groups in total. The average Bonchev–Trinajstić information content (AvgIpc) is 2.37. The first-order valence-corrected chi connectivity index (χ1v) is 8.26. The first-order chi connectivity index (χ1) is 9.80. The summed E-state index contributed by atoms with van der Waals surface area (Å²) >= 11 is 0. The maximum absolute atomic E-state index is 13.5. The molecule has 0 unspecified atom stereocenters. The van der Waals surface area contributed by atoms with Crippen molar-refractivity contribution < 1.29 is 13.3 Å². The van der Waals surface area contributed by atoms with Crippen LogP contribution in [0.2, 0.25) is 0 Å². The molecule has 0 bridgehead atoms. The Labute approximate surface area is 122 Å². The number of nitrogens with zero attached hydrogens (tertiary/aromatic N) is 3. The molecule has 0 radical (unpaired) electrons. The van der Waals surface area contributed by atoms with E-state index in [2.05, 4.69) is 14.3 Å². The minimum Gasteiger partial charge on any atom is -0.494 e. The van der Waals surface area contributed by atoms with Gasteiger partial charge in [0.05, 0.1) is 30.9 Å². The minimum absolute atomic E-state index is 0.174. The Morgan fingerprint density at radius 1 is 1.29 bits per heavy atom. The second-order valence-corrected chi connectivity index (χ2v) is 7.15. The van der Waals surface area contributed by atoms with E-state index in [4.69, 9.17) is 10.5 Å². The Hall–Kier alpha value is -2.22. The maximum Gasteiger partial charge on any atom is 0.180 e. The lowest BCUT2D eigenvalue weighted by molar-refractivity contribution is 0.417. The number of nitrogen functional groups attached to an aromatic ring is 1. The third-order valence-corrected chi connectivity index (χ3v) is 3.14. The topological polar surface area (TPSA) is 90.5 Å². The van der Waals surface area contributed by atoms with Crippen molar-refractivity contribution in [2.75, 3.05) is 25.4 Å². The van der Waals surface area contributed by atoms with E-state index in [1.165, 1.54) is 44.1 Å². The molecule has 1 heterocycles. The quantitative estimate of drug-likeness (QED) is 0.878. The number of rotatable bonds is 3. The molecule has 8 heteroatoms. The van der Waals surface area contributed by atoms with Crippen molar-refractivity contribution in [3.05, 3.63) is 30.3 Å². The Morgan fingerprint density at radius 3 is 2.52 bits per heavy atom. The van der Waals surface area contributed by atoms with E-state index in [9.17, 15) is 8.60 Å². The highest BCUT2D eigenvalue weighted by Gasteiger charge is 2.13. The summed E-state index contributed by atoms with van der Waals surface area (Å²) in [5.41, 5.74) is 6.66. The Kier molecular flexibility index (Phi) is 4.08. The van der Waals surface area contributed by atoms with Crippen LogP contribution >= 0.6 is 0 Å². The molecule has 2 aromatic rings. The molecular weight excluding hydrogens is 295 g/mol. The normalized spacial score (nSPS) is 11.2. The molecule has 0 aliphatic rings. The monoisotopic (exact) mass is 310 g/mol. The van der Waals surface area contributed by atoms with Crippen molar-refractivity contribution in [3.63, 3.8) is 0 Å². The van der Waals surface area contributed by atoms with Gasteiger partial charge >= 0.3 is 0 Å². The number of benzene rings is 1. The Bertz CT molecular complexity index is 776. The second-order valence-electron chi connectivity index (χ2n) is 4.61. The van der Waals surface area contributed by atoms with Crippen LogP contribution in [0.4, 0.5) is 15.9 Å². The molecule has 2 rings (SSSR count). The summed E-state index contributed by atoms with van der Waals surface area (Å²) in [6.07, 6.45) is 5.76. The van der Waals surface area contributed by atoms with Crippen LogP contribution < -0.4 is 10.5 Å². The van der Waals surface area contributed by atoms with E-state index in [0.717, 1.165) is 0 Å². The lowest BCUT2D eigenvalue weighted by Gasteiger charge is -2.10. The van der Waals surface area contributed by atoms with E-state index in [1.54, 1.807) is 0 Å². The van der Waals surface area contributed by atoms with Crippen molar-refractivity contribution in [3.8, 4) is 17.0 Å². The van der Waals surface area contributed by atoms with Gasteiger partial charge in [0.25, 0.3) is 0 Å². The summed E-state index contributed by atoms with van der Waals surface area (Å²) in [5, 5.41) is 0. The predicted octanol–water partition coefficient (Wildman–Crippen LogP) is 2.23. The van der Waals surface area contributed by atoms with Gasteiger partial charge in [0.2, 0.25) is 0 Å². The molecular formula is C13H15FN4O2S. The minimum atomic E-state index is -2.31. The molecule has 1 aromatic carbocycles. The highest BCUT2D eigenvalue weighted by atomic mass is 32.2. The van der Waals surface area contributed by atoms with Crippen molar-refractivity contribution in [2.24, 2.45) is 4.36 Å². The summed E-state index contributed by atoms with van der Waals surface area (Å²) in [5.74, 6) is 0.0752. The molecule has 0 saturated heterocycles. The van der Waals surface area contributed by atoms with Gasteiger partial charge in [-0.25, -0.2) is 13.6 Å². The number of hydrogen-bond acceptors (Lipinski definition) is 6. The summed E-state index contributed by atoms with van der Waals surface area (Å²) < 4.78 is 34.2. The number of halogens is 1. The molecule has 0 saturated carbocycles. The molecule has 112 valence electrons. The highest BCUT2D eigenvalue weighted by Crippen LogP contribution is 2.34. The predicted molar refractivity (Wildman–Crippen MR) is 80.5 cm³/mol. The Balaban J connectivity index is 2.51. The first kappa shape index (κ1) is 15.2. The zero-order valence-corrected chi connectivity index (χ0v) is 12.6. The average molecular weight is 310 g/mol. The third-order valence-electron chi connectivity index (χ3n) is 2.51. The second kappa shape index (κ2) is 5.65. The van der Waals surface area contributed by atoms with Gasteiger partial charge in [-0.3, -0.25) is 4.98 Å². The van der Waals surface area contributed by atoms with Gasteiger partial charge in [-0.2, -0.15) is 4.36 Å². The smallest absolute Gasteiger partial charge is 0.180 e. The molecule has 0 aliphatic carbocycles. The fourth-order valence-electron chi connectivity index (χ4n) is 1.77. The van der Waals surface area contributed by atoms with Crippen molar-refractivity contribution in [1.29, 1.82) is 0 Å². The van der Waals surface area contributed by atoms with Crippen LogP contribution in [0.1, 0.15) is 0 Å². The van der Waals surface area contributed by atoms with Crippen LogP contribution in [0, 0.1) is 5.82 Å². The van der Waals surface area contributed by atoms with Gasteiger partial charge in [0.1, 0.15) is 5.82 Å². The van der Waals surface area contributed by atoms with E-state index in [1.807, 2.05) is 0 Å². The van der Waals surface area contributed by atoms with E-state index < -0.39 is 15.5 Å². The summed E-state index contributed by atoms with van der Waals surface area (Å²) in [4.78, 5) is 8.19. The largest absolute Gasteiger partial charge is 0.494 e. The van der Waals surface area contributed by atoms with Crippen LogP contribution in [-0.2, 0) is 9.73 Å². The zero-order chi connectivity index (χ0) is 15.6. The van der Waals surface area contributed by atoms with Crippen LogP contribution in [-0.4, -0.2) is 33.8 Å². The molecule has 0 atom stereocenters. The lowest BCUT2D eigenvalue weighted by Crippen LogP contribution is -1.98. The molecule has 6 nitrogen and oxygen atoms in total. The zero-order valence-electron chi connectivity index (χ0n) is 11.8. The summed E-state index contributed by atoms with van der Waals surface area (Å²) in [7, 11) is -0.875. The molecule has 0 fully saturated rings. The third kappa shape index (κ3) is 3.66. The molecule has 1 aromatic heterocycles. The number of nitrogens with two attached hydrogens (primary N) is 1. The maximum atomic E-state index is 13.5. The van der Waals surface area contributed by atoms with Crippen LogP contribution in [0.25, 0.3) is 11.3 Å². The summed E-state index contributed by atoms with van der Waals surface area (Å²) in [6, 6.07) is 2.43.